The summed E-state index contributed by atoms with van der Waals surface area (Å²) in [7, 11) is 0. The van der Waals surface area contributed by atoms with E-state index in [0.717, 1.165) is 31.4 Å². The molecule has 2 aromatic rings. The van der Waals surface area contributed by atoms with Crippen LogP contribution >= 0.6 is 22.7 Å². The second-order valence-electron chi connectivity index (χ2n) is 4.37. The summed E-state index contributed by atoms with van der Waals surface area (Å²) in [6.07, 6.45) is 4.58. The van der Waals surface area contributed by atoms with Crippen LogP contribution in [0.25, 0.3) is 0 Å². The summed E-state index contributed by atoms with van der Waals surface area (Å²) >= 11 is 3.38. The number of hydrogen-bond donors (Lipinski definition) is 1. The minimum atomic E-state index is 0.154. The summed E-state index contributed by atoms with van der Waals surface area (Å²) < 4.78 is 0. The van der Waals surface area contributed by atoms with E-state index in [4.69, 9.17) is 0 Å². The quantitative estimate of drug-likeness (QED) is 0.759. The Morgan fingerprint density at radius 2 is 2.26 bits per heavy atom. The number of nitrogens with zero attached hydrogens (tertiary/aromatic N) is 1. The number of unbranched alkanes of at least 4 members (excludes halogenated alkanes) is 1. The maximum atomic E-state index is 11.6. The van der Waals surface area contributed by atoms with Crippen LogP contribution in [-0.4, -0.2) is 17.4 Å². The first-order valence-corrected chi connectivity index (χ1v) is 8.33. The molecule has 3 nitrogen and oxygen atoms in total. The molecule has 0 aliphatic rings. The van der Waals surface area contributed by atoms with Crippen molar-refractivity contribution in [3.05, 3.63) is 39.0 Å². The van der Waals surface area contributed by atoms with Crippen LogP contribution in [0.4, 0.5) is 0 Å². The fourth-order valence-corrected chi connectivity index (χ4v) is 3.16. The van der Waals surface area contributed by atoms with Crippen LogP contribution in [0, 0.1) is 0 Å². The van der Waals surface area contributed by atoms with Gasteiger partial charge in [0.25, 0.3) is 0 Å². The fraction of sp³-hybridized carbons (Fsp3) is 0.429. The van der Waals surface area contributed by atoms with Crippen LogP contribution in [0.5, 0.6) is 0 Å². The molecule has 5 heteroatoms. The van der Waals surface area contributed by atoms with Crippen LogP contribution in [0.2, 0.25) is 0 Å². The first kappa shape index (κ1) is 14.2. The number of hydrogen-bond acceptors (Lipinski definition) is 4. The van der Waals surface area contributed by atoms with E-state index in [1.54, 1.807) is 22.7 Å². The van der Waals surface area contributed by atoms with Gasteiger partial charge in [-0.15, -0.1) is 22.7 Å². The number of thiophene rings is 1. The lowest BCUT2D eigenvalue weighted by molar-refractivity contribution is -0.121. The molecule has 0 saturated heterocycles. The largest absolute Gasteiger partial charge is 0.356 e. The number of carbonyl (C=O) groups excluding carboxylic acids is 1. The van der Waals surface area contributed by atoms with Gasteiger partial charge in [-0.05, 0) is 30.7 Å². The molecule has 0 radical (unpaired) electrons. The van der Waals surface area contributed by atoms with Crippen molar-refractivity contribution in [1.29, 1.82) is 0 Å². The predicted octanol–water partition coefficient (Wildman–Crippen LogP) is 3.28. The molecule has 2 aromatic heterocycles. The van der Waals surface area contributed by atoms with E-state index in [0.29, 0.717) is 13.0 Å². The molecular formula is C14H18N2OS2. The lowest BCUT2D eigenvalue weighted by atomic mass is 10.1. The first-order valence-electron chi connectivity index (χ1n) is 6.51. The van der Waals surface area contributed by atoms with E-state index in [1.807, 2.05) is 10.9 Å². The molecule has 2 rings (SSSR count). The molecule has 0 saturated carbocycles. The summed E-state index contributed by atoms with van der Waals surface area (Å²) in [6, 6.07) is 4.23. The Morgan fingerprint density at radius 1 is 1.32 bits per heavy atom. The average molecular weight is 294 g/mol. The monoisotopic (exact) mass is 294 g/mol. The van der Waals surface area contributed by atoms with Crippen molar-refractivity contribution in [2.24, 2.45) is 0 Å². The molecule has 0 spiro atoms. The molecular weight excluding hydrogens is 276 g/mol. The van der Waals surface area contributed by atoms with E-state index >= 15 is 0 Å². The van der Waals surface area contributed by atoms with E-state index in [1.165, 1.54) is 4.88 Å². The van der Waals surface area contributed by atoms with Crippen molar-refractivity contribution in [2.75, 3.05) is 6.54 Å². The van der Waals surface area contributed by atoms with Crippen molar-refractivity contribution < 1.29 is 4.79 Å². The van der Waals surface area contributed by atoms with Gasteiger partial charge in [0.05, 0.1) is 11.2 Å². The van der Waals surface area contributed by atoms with Crippen molar-refractivity contribution in [2.45, 2.75) is 32.1 Å². The average Bonchev–Trinajstić information content (AvgIpc) is 3.07. The Balaban J connectivity index is 1.50. The number of rotatable bonds is 8. The molecule has 19 heavy (non-hydrogen) atoms. The first-order chi connectivity index (χ1) is 9.34. The molecule has 0 bridgehead atoms. The minimum absolute atomic E-state index is 0.154. The van der Waals surface area contributed by atoms with E-state index in [-0.39, 0.29) is 5.91 Å². The normalized spacial score (nSPS) is 10.5. The smallest absolute Gasteiger partial charge is 0.220 e. The number of aromatic nitrogens is 1. The van der Waals surface area contributed by atoms with Crippen LogP contribution in [0.3, 0.4) is 0 Å². The summed E-state index contributed by atoms with van der Waals surface area (Å²) in [5.74, 6) is 0.154. The Morgan fingerprint density at radius 3 is 3.00 bits per heavy atom. The number of carbonyl (C=O) groups is 1. The van der Waals surface area contributed by atoms with Gasteiger partial charge in [0, 0.05) is 29.6 Å². The van der Waals surface area contributed by atoms with Gasteiger partial charge in [0.1, 0.15) is 0 Å². The third-order valence-electron chi connectivity index (χ3n) is 2.84. The second kappa shape index (κ2) is 8.07. The fourth-order valence-electron chi connectivity index (χ4n) is 1.82. The number of amides is 1. The zero-order valence-corrected chi connectivity index (χ0v) is 12.4. The Hall–Kier alpha value is -1.20. The van der Waals surface area contributed by atoms with Crippen molar-refractivity contribution in [3.8, 4) is 0 Å². The lowest BCUT2D eigenvalue weighted by Gasteiger charge is -2.03. The van der Waals surface area contributed by atoms with Gasteiger partial charge in [0.15, 0.2) is 0 Å². The highest BCUT2D eigenvalue weighted by molar-refractivity contribution is 7.09. The zero-order chi connectivity index (χ0) is 13.3. The van der Waals surface area contributed by atoms with Crippen molar-refractivity contribution >= 4 is 28.6 Å². The Kier molecular flexibility index (Phi) is 6.04. The maximum absolute atomic E-state index is 11.6. The predicted molar refractivity (Wildman–Crippen MR) is 80.7 cm³/mol. The number of thiazole rings is 1. The summed E-state index contributed by atoms with van der Waals surface area (Å²) in [6.45, 7) is 0.688. The Labute approximate surface area is 121 Å². The third kappa shape index (κ3) is 5.53. The van der Waals surface area contributed by atoms with Gasteiger partial charge in [-0.3, -0.25) is 4.79 Å². The Bertz CT molecular complexity index is 466. The highest BCUT2D eigenvalue weighted by Crippen LogP contribution is 2.12. The standard InChI is InChI=1S/C14H18N2OS2/c17-14(15-8-7-12-10-18-11-16-12)6-2-1-4-13-5-3-9-19-13/h3,5,9-11H,1-2,4,6-8H2,(H,15,17). The molecule has 0 aliphatic heterocycles. The summed E-state index contributed by atoms with van der Waals surface area (Å²) in [5.41, 5.74) is 2.88. The maximum Gasteiger partial charge on any atom is 0.220 e. The molecule has 102 valence electrons. The van der Waals surface area contributed by atoms with Crippen LogP contribution in [-0.2, 0) is 17.6 Å². The molecule has 0 unspecified atom stereocenters. The van der Waals surface area contributed by atoms with Crippen LogP contribution in [0.15, 0.2) is 28.4 Å². The van der Waals surface area contributed by atoms with Crippen molar-refractivity contribution in [3.63, 3.8) is 0 Å². The van der Waals surface area contributed by atoms with Gasteiger partial charge < -0.3 is 5.32 Å². The van der Waals surface area contributed by atoms with E-state index in [9.17, 15) is 4.79 Å². The molecule has 0 fully saturated rings. The topological polar surface area (TPSA) is 42.0 Å². The minimum Gasteiger partial charge on any atom is -0.356 e. The number of aryl methyl sites for hydroxylation is 1. The van der Waals surface area contributed by atoms with Crippen LogP contribution in [0.1, 0.15) is 29.8 Å². The molecule has 1 amide bonds. The highest BCUT2D eigenvalue weighted by Gasteiger charge is 2.02. The molecule has 2 heterocycles. The van der Waals surface area contributed by atoms with Gasteiger partial charge in [-0.2, -0.15) is 0 Å². The van der Waals surface area contributed by atoms with Gasteiger partial charge in [0.2, 0.25) is 5.91 Å². The summed E-state index contributed by atoms with van der Waals surface area (Å²) in [4.78, 5) is 17.2. The van der Waals surface area contributed by atoms with Crippen molar-refractivity contribution in [1.82, 2.24) is 10.3 Å². The number of nitrogens with one attached hydrogen (secondary N) is 1. The van der Waals surface area contributed by atoms with Gasteiger partial charge >= 0.3 is 0 Å². The third-order valence-corrected chi connectivity index (χ3v) is 4.42. The molecule has 1 N–H and O–H groups in total. The lowest BCUT2D eigenvalue weighted by Crippen LogP contribution is -2.25. The molecule has 0 atom stereocenters. The van der Waals surface area contributed by atoms with Gasteiger partial charge in [-0.1, -0.05) is 6.07 Å². The van der Waals surface area contributed by atoms with Crippen LogP contribution < -0.4 is 5.32 Å². The molecule has 0 aliphatic carbocycles. The summed E-state index contributed by atoms with van der Waals surface area (Å²) in [5, 5.41) is 7.06. The van der Waals surface area contributed by atoms with Gasteiger partial charge in [-0.25, -0.2) is 4.98 Å². The van der Waals surface area contributed by atoms with E-state index in [2.05, 4.69) is 27.8 Å². The second-order valence-corrected chi connectivity index (χ2v) is 6.12. The molecule has 0 aromatic carbocycles. The van der Waals surface area contributed by atoms with E-state index < -0.39 is 0 Å². The highest BCUT2D eigenvalue weighted by atomic mass is 32.1. The zero-order valence-electron chi connectivity index (χ0n) is 10.8. The SMILES string of the molecule is O=C(CCCCc1cccs1)NCCc1cscn1.